The normalized spacial score (nSPS) is 21.0. The van der Waals surface area contributed by atoms with E-state index in [4.69, 9.17) is 0 Å². The third kappa shape index (κ3) is 3.35. The molecule has 0 bridgehead atoms. The van der Waals surface area contributed by atoms with Gasteiger partial charge >= 0.3 is 0 Å². The molecule has 0 saturated carbocycles. The van der Waals surface area contributed by atoms with E-state index in [9.17, 15) is 9.18 Å². The third-order valence-corrected chi connectivity index (χ3v) is 5.99. The number of hydrogen-bond acceptors (Lipinski definition) is 2. The molecule has 0 aromatic heterocycles. The SMILES string of the molecule is CSC1c2ccccc2CC1CC(=O)[C@@H](C)c1ccc(F)cc1. The van der Waals surface area contributed by atoms with Crippen LogP contribution in [0.1, 0.15) is 41.2 Å². The fourth-order valence-corrected chi connectivity index (χ4v) is 4.57. The Morgan fingerprint density at radius 1 is 1.22 bits per heavy atom. The molecular formula is C20H21FOS. The molecule has 3 rings (SSSR count). The number of fused-ring (bicyclic) bond motifs is 1. The summed E-state index contributed by atoms with van der Waals surface area (Å²) in [5, 5.41) is 0.399. The van der Waals surface area contributed by atoms with E-state index in [1.807, 2.05) is 18.7 Å². The first-order chi connectivity index (χ1) is 11.1. The predicted octanol–water partition coefficient (Wildman–Crippen LogP) is 5.17. The summed E-state index contributed by atoms with van der Waals surface area (Å²) in [5.74, 6) is 0.162. The second kappa shape index (κ2) is 6.88. The lowest BCUT2D eigenvalue weighted by atomic mass is 9.89. The van der Waals surface area contributed by atoms with Crippen LogP contribution in [-0.2, 0) is 11.2 Å². The first-order valence-electron chi connectivity index (χ1n) is 7.99. The highest BCUT2D eigenvalue weighted by Gasteiger charge is 2.33. The molecule has 3 atom stereocenters. The average Bonchev–Trinajstić information content (AvgIpc) is 2.91. The van der Waals surface area contributed by atoms with Gasteiger partial charge in [0.25, 0.3) is 0 Å². The lowest BCUT2D eigenvalue weighted by Crippen LogP contribution is -2.16. The van der Waals surface area contributed by atoms with Gasteiger partial charge in [0.2, 0.25) is 0 Å². The van der Waals surface area contributed by atoms with Crippen molar-refractivity contribution >= 4 is 17.5 Å². The molecular weight excluding hydrogens is 307 g/mol. The van der Waals surface area contributed by atoms with Crippen molar-refractivity contribution in [1.29, 1.82) is 0 Å². The van der Waals surface area contributed by atoms with Crippen LogP contribution >= 0.6 is 11.8 Å². The van der Waals surface area contributed by atoms with Crippen molar-refractivity contribution in [3.05, 3.63) is 71.0 Å². The van der Waals surface area contributed by atoms with Crippen molar-refractivity contribution in [2.75, 3.05) is 6.26 Å². The third-order valence-electron chi connectivity index (χ3n) is 4.84. The molecule has 2 unspecified atom stereocenters. The molecule has 2 aromatic rings. The predicted molar refractivity (Wildman–Crippen MR) is 94.3 cm³/mol. The quantitative estimate of drug-likeness (QED) is 0.753. The second-order valence-electron chi connectivity index (χ2n) is 6.26. The molecule has 0 amide bonds. The van der Waals surface area contributed by atoms with Gasteiger partial charge in [-0.3, -0.25) is 4.79 Å². The largest absolute Gasteiger partial charge is 0.299 e. The van der Waals surface area contributed by atoms with Crippen molar-refractivity contribution in [3.63, 3.8) is 0 Å². The van der Waals surface area contributed by atoms with Gasteiger partial charge in [-0.2, -0.15) is 11.8 Å². The van der Waals surface area contributed by atoms with E-state index in [2.05, 4.69) is 30.5 Å². The van der Waals surface area contributed by atoms with Crippen LogP contribution in [0.15, 0.2) is 48.5 Å². The number of rotatable bonds is 5. The number of Topliss-reactive ketones (excluding diaryl/α,β-unsaturated/α-hetero) is 1. The lowest BCUT2D eigenvalue weighted by molar-refractivity contribution is -0.121. The zero-order valence-electron chi connectivity index (χ0n) is 13.5. The molecule has 23 heavy (non-hydrogen) atoms. The molecule has 2 aromatic carbocycles. The molecule has 0 radical (unpaired) electrons. The van der Waals surface area contributed by atoms with Gasteiger partial charge in [-0.05, 0) is 47.4 Å². The molecule has 1 aliphatic rings. The van der Waals surface area contributed by atoms with Crippen molar-refractivity contribution in [3.8, 4) is 0 Å². The summed E-state index contributed by atoms with van der Waals surface area (Å²) in [4.78, 5) is 12.7. The minimum atomic E-state index is -0.262. The van der Waals surface area contributed by atoms with Crippen LogP contribution in [0.25, 0.3) is 0 Å². The van der Waals surface area contributed by atoms with Crippen molar-refractivity contribution < 1.29 is 9.18 Å². The van der Waals surface area contributed by atoms with E-state index >= 15 is 0 Å². The van der Waals surface area contributed by atoms with E-state index < -0.39 is 0 Å². The molecule has 0 N–H and O–H groups in total. The van der Waals surface area contributed by atoms with E-state index in [-0.39, 0.29) is 17.5 Å². The Hall–Kier alpha value is -1.61. The molecule has 0 heterocycles. The number of halogens is 1. The average molecular weight is 328 g/mol. The first-order valence-corrected chi connectivity index (χ1v) is 9.27. The Morgan fingerprint density at radius 3 is 2.61 bits per heavy atom. The number of thioether (sulfide) groups is 1. The molecule has 0 saturated heterocycles. The Morgan fingerprint density at radius 2 is 1.91 bits per heavy atom. The summed E-state index contributed by atoms with van der Waals surface area (Å²) >= 11 is 1.83. The van der Waals surface area contributed by atoms with E-state index in [1.165, 1.54) is 23.3 Å². The van der Waals surface area contributed by atoms with Gasteiger partial charge in [-0.25, -0.2) is 4.39 Å². The fourth-order valence-electron chi connectivity index (χ4n) is 3.51. The molecule has 0 aliphatic heterocycles. The second-order valence-corrected chi connectivity index (χ2v) is 7.24. The monoisotopic (exact) mass is 328 g/mol. The molecule has 1 nitrogen and oxygen atoms in total. The van der Waals surface area contributed by atoms with Gasteiger partial charge in [0, 0.05) is 17.6 Å². The molecule has 0 fully saturated rings. The minimum Gasteiger partial charge on any atom is -0.299 e. The Bertz CT molecular complexity index is 695. The van der Waals surface area contributed by atoms with Crippen LogP contribution < -0.4 is 0 Å². The number of benzene rings is 2. The van der Waals surface area contributed by atoms with Crippen LogP contribution in [0.4, 0.5) is 4.39 Å². The zero-order valence-corrected chi connectivity index (χ0v) is 14.3. The summed E-state index contributed by atoms with van der Waals surface area (Å²) in [6.07, 6.45) is 3.68. The maximum Gasteiger partial charge on any atom is 0.140 e. The van der Waals surface area contributed by atoms with E-state index in [1.54, 1.807) is 12.1 Å². The van der Waals surface area contributed by atoms with Crippen LogP contribution in [0.2, 0.25) is 0 Å². The summed E-state index contributed by atoms with van der Waals surface area (Å²) in [6, 6.07) is 14.8. The molecule has 3 heteroatoms. The van der Waals surface area contributed by atoms with Crippen LogP contribution in [0.3, 0.4) is 0 Å². The fraction of sp³-hybridized carbons (Fsp3) is 0.350. The van der Waals surface area contributed by atoms with Gasteiger partial charge in [-0.15, -0.1) is 0 Å². The van der Waals surface area contributed by atoms with Gasteiger partial charge in [-0.1, -0.05) is 43.3 Å². The number of ketones is 1. The van der Waals surface area contributed by atoms with Crippen LogP contribution in [0, 0.1) is 11.7 Å². The van der Waals surface area contributed by atoms with Crippen molar-refractivity contribution in [1.82, 2.24) is 0 Å². The molecule has 1 aliphatic carbocycles. The van der Waals surface area contributed by atoms with E-state index in [0.29, 0.717) is 17.6 Å². The van der Waals surface area contributed by atoms with Crippen LogP contribution in [-0.4, -0.2) is 12.0 Å². The zero-order chi connectivity index (χ0) is 16.4. The topological polar surface area (TPSA) is 17.1 Å². The number of carbonyl (C=O) groups excluding carboxylic acids is 1. The van der Waals surface area contributed by atoms with Gasteiger partial charge in [0.15, 0.2) is 0 Å². The summed E-state index contributed by atoms with van der Waals surface area (Å²) in [6.45, 7) is 1.92. The highest BCUT2D eigenvalue weighted by atomic mass is 32.2. The summed E-state index contributed by atoms with van der Waals surface area (Å²) in [7, 11) is 0. The summed E-state index contributed by atoms with van der Waals surface area (Å²) in [5.41, 5.74) is 3.65. The Labute approximate surface area is 141 Å². The Kier molecular flexibility index (Phi) is 4.86. The number of hydrogen-bond donors (Lipinski definition) is 0. The highest BCUT2D eigenvalue weighted by molar-refractivity contribution is 7.98. The maximum atomic E-state index is 13.0. The smallest absolute Gasteiger partial charge is 0.140 e. The van der Waals surface area contributed by atoms with Crippen LogP contribution in [0.5, 0.6) is 0 Å². The standard InChI is InChI=1S/C20H21FOS/c1-13(14-7-9-17(21)10-8-14)19(22)12-16-11-15-5-3-4-6-18(15)20(16)23-2/h3-10,13,16,20H,11-12H2,1-2H3/t13-,16?,20?/m0/s1. The van der Waals surface area contributed by atoms with Gasteiger partial charge in [0.05, 0.1) is 0 Å². The molecule has 0 spiro atoms. The first kappa shape index (κ1) is 16.3. The van der Waals surface area contributed by atoms with Gasteiger partial charge < -0.3 is 0 Å². The van der Waals surface area contributed by atoms with Crippen molar-refractivity contribution in [2.45, 2.75) is 30.9 Å². The van der Waals surface area contributed by atoms with Gasteiger partial charge in [0.1, 0.15) is 11.6 Å². The summed E-state index contributed by atoms with van der Waals surface area (Å²) < 4.78 is 13.0. The maximum absolute atomic E-state index is 13.0. The Balaban J connectivity index is 1.72. The highest BCUT2D eigenvalue weighted by Crippen LogP contribution is 2.46. The molecule has 120 valence electrons. The minimum absolute atomic E-state index is 0.179. The van der Waals surface area contributed by atoms with Crippen molar-refractivity contribution in [2.24, 2.45) is 5.92 Å². The number of carbonyl (C=O) groups is 1. The van der Waals surface area contributed by atoms with E-state index in [0.717, 1.165) is 12.0 Å². The lowest BCUT2D eigenvalue weighted by Gasteiger charge is -2.20.